The van der Waals surface area contributed by atoms with Crippen LogP contribution in [0.4, 0.5) is 0 Å². The normalized spacial score (nSPS) is 15.4. The lowest BCUT2D eigenvalue weighted by atomic mass is 9.96. The van der Waals surface area contributed by atoms with E-state index in [2.05, 4.69) is 4.99 Å². The molecule has 0 fully saturated rings. The van der Waals surface area contributed by atoms with Gasteiger partial charge in [-0.25, -0.2) is 14.6 Å². The molecule has 36 heavy (non-hydrogen) atoms. The minimum absolute atomic E-state index is 0.149. The summed E-state index contributed by atoms with van der Waals surface area (Å²) in [7, 11) is 1.30. The second kappa shape index (κ2) is 9.27. The minimum Gasteiger partial charge on any atom is -0.478 e. The average Bonchev–Trinajstić information content (AvgIpc) is 3.48. The molecule has 2 aromatic heterocycles. The lowest BCUT2D eigenvalue weighted by molar-refractivity contribution is -0.136. The van der Waals surface area contributed by atoms with Gasteiger partial charge < -0.3 is 14.3 Å². The molecule has 1 aliphatic heterocycles. The van der Waals surface area contributed by atoms with Crippen molar-refractivity contribution in [3.05, 3.63) is 115 Å². The molecule has 2 aromatic carbocycles. The molecule has 0 amide bonds. The van der Waals surface area contributed by atoms with Gasteiger partial charge in [0.15, 0.2) is 4.80 Å². The van der Waals surface area contributed by atoms with Gasteiger partial charge in [0.05, 0.1) is 34.5 Å². The summed E-state index contributed by atoms with van der Waals surface area (Å²) < 4.78 is 12.8. The van der Waals surface area contributed by atoms with Crippen LogP contribution in [-0.4, -0.2) is 28.7 Å². The summed E-state index contributed by atoms with van der Waals surface area (Å²) in [5.74, 6) is -0.669. The first-order chi connectivity index (χ1) is 17.4. The van der Waals surface area contributed by atoms with Gasteiger partial charge in [0.1, 0.15) is 11.5 Å². The van der Waals surface area contributed by atoms with E-state index in [1.807, 2.05) is 30.3 Å². The van der Waals surface area contributed by atoms with Crippen LogP contribution < -0.4 is 14.9 Å². The SMILES string of the molecule is COC(=O)C1=C(C)N=c2s/c(=C/c3ccc(-c4cccc(C(=O)O)c4)o3)c(=O)n2C1c1ccccc1. The summed E-state index contributed by atoms with van der Waals surface area (Å²) in [6, 6.07) is 18.4. The van der Waals surface area contributed by atoms with E-state index in [0.717, 1.165) is 5.56 Å². The Labute approximate surface area is 208 Å². The zero-order chi connectivity index (χ0) is 25.4. The monoisotopic (exact) mass is 500 g/mol. The Morgan fingerprint density at radius 3 is 2.61 bits per heavy atom. The molecular formula is C27H20N2O6S. The number of aromatic nitrogens is 1. The predicted octanol–water partition coefficient (Wildman–Crippen LogP) is 3.37. The molecule has 8 nitrogen and oxygen atoms in total. The summed E-state index contributed by atoms with van der Waals surface area (Å²) >= 11 is 1.20. The summed E-state index contributed by atoms with van der Waals surface area (Å²) in [5.41, 5.74) is 2.00. The third-order valence-electron chi connectivity index (χ3n) is 5.84. The molecule has 9 heteroatoms. The van der Waals surface area contributed by atoms with E-state index in [9.17, 15) is 19.5 Å². The number of carbonyl (C=O) groups is 2. The van der Waals surface area contributed by atoms with E-state index >= 15 is 0 Å². The number of allylic oxidation sites excluding steroid dienone is 1. The highest BCUT2D eigenvalue weighted by atomic mass is 32.1. The molecule has 1 aliphatic rings. The van der Waals surface area contributed by atoms with Crippen LogP contribution in [0.5, 0.6) is 0 Å². The lowest BCUT2D eigenvalue weighted by Gasteiger charge is -2.24. The van der Waals surface area contributed by atoms with E-state index in [-0.39, 0.29) is 11.1 Å². The van der Waals surface area contributed by atoms with Gasteiger partial charge in [0, 0.05) is 11.6 Å². The molecule has 1 atom stereocenters. The molecule has 0 spiro atoms. The number of hydrogen-bond donors (Lipinski definition) is 1. The number of methoxy groups -OCH3 is 1. The maximum absolute atomic E-state index is 13.6. The highest BCUT2D eigenvalue weighted by Crippen LogP contribution is 2.30. The van der Waals surface area contributed by atoms with E-state index in [0.29, 0.717) is 37.7 Å². The molecular weight excluding hydrogens is 480 g/mol. The van der Waals surface area contributed by atoms with Crippen LogP contribution in [0.2, 0.25) is 0 Å². The summed E-state index contributed by atoms with van der Waals surface area (Å²) in [5, 5.41) is 9.24. The number of carbonyl (C=O) groups excluding carboxylic acids is 1. The highest BCUT2D eigenvalue weighted by Gasteiger charge is 2.32. The van der Waals surface area contributed by atoms with Gasteiger partial charge in [0.2, 0.25) is 0 Å². The van der Waals surface area contributed by atoms with Crippen LogP contribution in [-0.2, 0) is 9.53 Å². The van der Waals surface area contributed by atoms with Gasteiger partial charge in [-0.1, -0.05) is 53.8 Å². The first kappa shape index (κ1) is 23.3. The van der Waals surface area contributed by atoms with Gasteiger partial charge in [-0.2, -0.15) is 0 Å². The van der Waals surface area contributed by atoms with E-state index in [1.54, 1.807) is 37.3 Å². The fourth-order valence-corrected chi connectivity index (χ4v) is 5.19. The number of fused-ring (bicyclic) bond motifs is 1. The first-order valence-corrected chi connectivity index (χ1v) is 11.8. The smallest absolute Gasteiger partial charge is 0.338 e. The molecule has 3 heterocycles. The van der Waals surface area contributed by atoms with Crippen molar-refractivity contribution in [3.8, 4) is 11.3 Å². The zero-order valence-electron chi connectivity index (χ0n) is 19.3. The Kier molecular flexibility index (Phi) is 5.99. The van der Waals surface area contributed by atoms with Crippen molar-refractivity contribution >= 4 is 29.4 Å². The number of furan rings is 1. The number of benzene rings is 2. The van der Waals surface area contributed by atoms with Crippen LogP contribution >= 0.6 is 11.3 Å². The molecule has 5 rings (SSSR count). The number of ether oxygens (including phenoxy) is 1. The molecule has 0 bridgehead atoms. The minimum atomic E-state index is -1.03. The van der Waals surface area contributed by atoms with Gasteiger partial charge in [-0.05, 0) is 36.8 Å². The maximum atomic E-state index is 13.6. The molecule has 0 saturated heterocycles. The van der Waals surface area contributed by atoms with Gasteiger partial charge in [0.25, 0.3) is 5.56 Å². The lowest BCUT2D eigenvalue weighted by Crippen LogP contribution is -2.39. The third-order valence-corrected chi connectivity index (χ3v) is 6.82. The Balaban J connectivity index is 1.62. The van der Waals surface area contributed by atoms with Crippen molar-refractivity contribution in [2.24, 2.45) is 4.99 Å². The van der Waals surface area contributed by atoms with Gasteiger partial charge in [-0.15, -0.1) is 0 Å². The van der Waals surface area contributed by atoms with Crippen molar-refractivity contribution < 1.29 is 23.8 Å². The number of thiazole rings is 1. The number of carboxylic acids is 1. The van der Waals surface area contributed by atoms with Crippen molar-refractivity contribution in [2.75, 3.05) is 7.11 Å². The summed E-state index contributed by atoms with van der Waals surface area (Å²) in [6.07, 6.45) is 1.62. The summed E-state index contributed by atoms with van der Waals surface area (Å²) in [4.78, 5) is 42.5. The zero-order valence-corrected chi connectivity index (χ0v) is 20.1. The van der Waals surface area contributed by atoms with Gasteiger partial charge in [-0.3, -0.25) is 9.36 Å². The van der Waals surface area contributed by atoms with Crippen LogP contribution in [0.3, 0.4) is 0 Å². The topological polar surface area (TPSA) is 111 Å². The standard InChI is InChI=1S/C27H20N2O6S/c1-15-22(26(33)34-2)23(16-7-4-3-5-8-16)29-24(30)21(36-27(29)28-15)14-19-11-12-20(35-19)17-9-6-10-18(13-17)25(31)32/h3-14,23H,1-2H3,(H,31,32)/b21-14+. The highest BCUT2D eigenvalue weighted by molar-refractivity contribution is 7.07. The van der Waals surface area contributed by atoms with Crippen molar-refractivity contribution in [2.45, 2.75) is 13.0 Å². The fourth-order valence-electron chi connectivity index (χ4n) is 4.16. The Morgan fingerprint density at radius 2 is 1.89 bits per heavy atom. The second-order valence-electron chi connectivity index (χ2n) is 8.07. The molecule has 0 radical (unpaired) electrons. The predicted molar refractivity (Wildman–Crippen MR) is 133 cm³/mol. The Morgan fingerprint density at radius 1 is 1.11 bits per heavy atom. The molecule has 0 saturated carbocycles. The van der Waals surface area contributed by atoms with E-state index in [4.69, 9.17) is 9.15 Å². The number of esters is 1. The van der Waals surface area contributed by atoms with Crippen LogP contribution in [0.25, 0.3) is 17.4 Å². The first-order valence-electron chi connectivity index (χ1n) is 11.0. The number of hydrogen-bond acceptors (Lipinski definition) is 7. The molecule has 1 N–H and O–H groups in total. The molecule has 180 valence electrons. The fraction of sp³-hybridized carbons (Fsp3) is 0.111. The molecule has 1 unspecified atom stereocenters. The van der Waals surface area contributed by atoms with Crippen LogP contribution in [0, 0.1) is 0 Å². The number of rotatable bonds is 5. The number of aromatic carboxylic acids is 1. The molecule has 0 aliphatic carbocycles. The average molecular weight is 501 g/mol. The Hall–Kier alpha value is -4.50. The quantitative estimate of drug-likeness (QED) is 0.421. The third kappa shape index (κ3) is 4.09. The van der Waals surface area contributed by atoms with Crippen molar-refractivity contribution in [1.29, 1.82) is 0 Å². The maximum Gasteiger partial charge on any atom is 0.338 e. The van der Waals surface area contributed by atoms with Crippen molar-refractivity contribution in [1.82, 2.24) is 4.57 Å². The summed E-state index contributed by atoms with van der Waals surface area (Å²) in [6.45, 7) is 1.73. The largest absolute Gasteiger partial charge is 0.478 e. The van der Waals surface area contributed by atoms with Crippen LogP contribution in [0.1, 0.15) is 34.6 Å². The van der Waals surface area contributed by atoms with Crippen molar-refractivity contribution in [3.63, 3.8) is 0 Å². The number of nitrogens with zero attached hydrogens (tertiary/aromatic N) is 2. The van der Waals surface area contributed by atoms with E-state index < -0.39 is 18.0 Å². The van der Waals surface area contributed by atoms with E-state index in [1.165, 1.54) is 35.1 Å². The number of carboxylic acid groups (broad SMARTS) is 1. The van der Waals surface area contributed by atoms with Crippen LogP contribution in [0.15, 0.2) is 92.2 Å². The molecule has 4 aromatic rings. The van der Waals surface area contributed by atoms with Gasteiger partial charge >= 0.3 is 11.9 Å². The second-order valence-corrected chi connectivity index (χ2v) is 9.08. The Bertz CT molecular complexity index is 1710.